The molecule has 7 aliphatic carbocycles. The van der Waals surface area contributed by atoms with Crippen LogP contribution in [0, 0.1) is 23.7 Å². The normalized spacial score (nSPS) is 34.6. The topological polar surface area (TPSA) is 114 Å². The van der Waals surface area contributed by atoms with Crippen LogP contribution in [0.5, 0.6) is 0 Å². The molecule has 6 bridgehead atoms. The molecule has 0 aliphatic heterocycles. The highest BCUT2D eigenvalue weighted by Gasteiger charge is 2.52. The molecular weight excluding hydrogens is 492 g/mol. The van der Waals surface area contributed by atoms with Crippen molar-refractivity contribution in [1.82, 2.24) is 20.2 Å². The van der Waals surface area contributed by atoms with Crippen LogP contribution in [0.15, 0.2) is 28.7 Å². The summed E-state index contributed by atoms with van der Waals surface area (Å²) in [6.07, 6.45) is 15.1. The van der Waals surface area contributed by atoms with E-state index in [4.69, 9.17) is 14.1 Å². The highest BCUT2D eigenvalue weighted by molar-refractivity contribution is 5.89. The quantitative estimate of drug-likeness (QED) is 0.358. The first-order valence-electron chi connectivity index (χ1n) is 14.9. The number of ether oxygens (including phenoxy) is 1. The van der Waals surface area contributed by atoms with Crippen LogP contribution in [-0.4, -0.2) is 36.8 Å². The van der Waals surface area contributed by atoms with Gasteiger partial charge in [-0.2, -0.15) is 0 Å². The lowest BCUT2D eigenvalue weighted by Crippen LogP contribution is -2.51. The Morgan fingerprint density at radius 2 is 1.64 bits per heavy atom. The average molecular weight is 529 g/mol. The maximum atomic E-state index is 11.5. The molecule has 3 aromatic rings. The summed E-state index contributed by atoms with van der Waals surface area (Å²) in [7, 11) is 0. The Hall–Kier alpha value is -3.00. The first-order valence-corrected chi connectivity index (χ1v) is 14.9. The van der Waals surface area contributed by atoms with E-state index in [2.05, 4.69) is 15.2 Å². The van der Waals surface area contributed by atoms with Gasteiger partial charge in [0.25, 0.3) is 5.89 Å². The molecule has 7 fully saturated rings. The van der Waals surface area contributed by atoms with Gasteiger partial charge in [-0.3, -0.25) is 0 Å². The Balaban J connectivity index is 1.13. The number of aromatic nitrogens is 4. The monoisotopic (exact) mass is 528 g/mol. The number of imidazole rings is 1. The largest absolute Gasteiger partial charge is 0.478 e. The summed E-state index contributed by atoms with van der Waals surface area (Å²) < 4.78 is 13.0. The van der Waals surface area contributed by atoms with E-state index < -0.39 is 5.97 Å². The second-order valence-electron chi connectivity index (χ2n) is 13.4. The fraction of sp³-hybridized carbons (Fsp3) is 0.613. The van der Waals surface area contributed by atoms with Crippen molar-refractivity contribution in [1.29, 1.82) is 0 Å². The van der Waals surface area contributed by atoms with Crippen molar-refractivity contribution in [2.45, 2.75) is 94.7 Å². The summed E-state index contributed by atoms with van der Waals surface area (Å²) >= 11 is 0. The predicted octanol–water partition coefficient (Wildman–Crippen LogP) is 6.53. The smallest absolute Gasteiger partial charge is 0.335 e. The minimum Gasteiger partial charge on any atom is -0.478 e. The Bertz CT molecular complexity index is 1370. The number of rotatable bonds is 7. The Kier molecular flexibility index (Phi) is 5.35. The number of hydrogen-bond acceptors (Lipinski definition) is 6. The summed E-state index contributed by atoms with van der Waals surface area (Å²) in [6.45, 7) is 0.472. The average Bonchev–Trinajstić information content (AvgIpc) is 3.61. The van der Waals surface area contributed by atoms with E-state index in [-0.39, 0.29) is 16.6 Å². The van der Waals surface area contributed by atoms with Gasteiger partial charge in [-0.25, -0.2) is 9.78 Å². The number of nitrogens with zero attached hydrogens (tertiary/aromatic N) is 3. The molecule has 0 saturated heterocycles. The van der Waals surface area contributed by atoms with E-state index in [0.29, 0.717) is 29.6 Å². The minimum absolute atomic E-state index is 0.00421. The first kappa shape index (κ1) is 23.9. The second kappa shape index (κ2) is 8.75. The fourth-order valence-corrected chi connectivity index (χ4v) is 9.20. The molecule has 0 atom stereocenters. The summed E-state index contributed by atoms with van der Waals surface area (Å²) in [5.41, 5.74) is 2.48. The lowest BCUT2D eigenvalue weighted by Gasteiger charge is -2.56. The van der Waals surface area contributed by atoms with Gasteiger partial charge in [0.05, 0.1) is 23.5 Å². The third kappa shape index (κ3) is 4.05. The third-order valence-electron chi connectivity index (χ3n) is 10.9. The van der Waals surface area contributed by atoms with Crippen LogP contribution in [-0.2, 0) is 16.8 Å². The lowest BCUT2D eigenvalue weighted by atomic mass is 9.54. The maximum Gasteiger partial charge on any atom is 0.335 e. The Morgan fingerprint density at radius 3 is 2.31 bits per heavy atom. The highest BCUT2D eigenvalue weighted by atomic mass is 16.5. The van der Waals surface area contributed by atoms with E-state index in [1.165, 1.54) is 77.0 Å². The SMILES string of the molecule is O=C(O)c1cccc(-c2nnc(-c3nc(C45CCC(CC4)CC5)[nH]c3COC34CC5CC(CC(C5)C3)C4)o2)c1. The third-order valence-corrected chi connectivity index (χ3v) is 10.9. The summed E-state index contributed by atoms with van der Waals surface area (Å²) in [5.74, 6) is 4.06. The van der Waals surface area contributed by atoms with Crippen LogP contribution in [0.3, 0.4) is 0 Å². The number of carboxylic acid groups (broad SMARTS) is 1. The van der Waals surface area contributed by atoms with Gasteiger partial charge in [0.2, 0.25) is 5.89 Å². The fourth-order valence-electron chi connectivity index (χ4n) is 9.20. The van der Waals surface area contributed by atoms with Crippen LogP contribution in [0.2, 0.25) is 0 Å². The van der Waals surface area contributed by atoms with E-state index in [0.717, 1.165) is 35.2 Å². The number of fused-ring (bicyclic) bond motifs is 3. The van der Waals surface area contributed by atoms with Crippen LogP contribution >= 0.6 is 0 Å². The van der Waals surface area contributed by atoms with E-state index >= 15 is 0 Å². The van der Waals surface area contributed by atoms with Crippen LogP contribution in [0.1, 0.15) is 98.9 Å². The van der Waals surface area contributed by atoms with Gasteiger partial charge in [-0.05, 0) is 119 Å². The van der Waals surface area contributed by atoms with Crippen LogP contribution in [0.25, 0.3) is 23.0 Å². The molecule has 0 radical (unpaired) electrons. The van der Waals surface area contributed by atoms with Gasteiger partial charge in [0, 0.05) is 11.0 Å². The van der Waals surface area contributed by atoms with Gasteiger partial charge in [-0.15, -0.1) is 10.2 Å². The number of aromatic amines is 1. The zero-order chi connectivity index (χ0) is 26.2. The Morgan fingerprint density at radius 1 is 0.974 bits per heavy atom. The summed E-state index contributed by atoms with van der Waals surface area (Å²) in [6, 6.07) is 6.60. The number of hydrogen-bond donors (Lipinski definition) is 2. The number of carbonyl (C=O) groups is 1. The molecule has 10 rings (SSSR count). The highest BCUT2D eigenvalue weighted by Crippen LogP contribution is 2.57. The second-order valence-corrected chi connectivity index (χ2v) is 13.4. The zero-order valence-electron chi connectivity index (χ0n) is 22.3. The minimum atomic E-state index is -0.987. The standard InChI is InChI=1S/C31H36N4O4/c36-28(37)23-3-1-2-22(13-23)26-34-35-27(39-26)25-24(32-29(33-25)30-7-4-18(5-8-30)6-9-30)17-38-31-14-19-10-20(15-31)12-21(11-19)16-31/h1-3,13,18-21H,4-12,14-17H2,(H,32,33)(H,36,37). The van der Waals surface area contributed by atoms with Gasteiger partial charge >= 0.3 is 5.97 Å². The molecule has 8 heteroatoms. The molecule has 0 amide bonds. The van der Waals surface area contributed by atoms with Crippen molar-refractivity contribution < 1.29 is 19.1 Å². The molecule has 7 aliphatic rings. The van der Waals surface area contributed by atoms with Gasteiger partial charge in [0.15, 0.2) is 5.69 Å². The molecule has 0 unspecified atom stereocenters. The number of aromatic carboxylic acids is 1. The summed E-state index contributed by atoms with van der Waals surface area (Å²) in [5, 5.41) is 18.1. The molecule has 7 saturated carbocycles. The van der Waals surface area contributed by atoms with Crippen LogP contribution < -0.4 is 0 Å². The molecule has 39 heavy (non-hydrogen) atoms. The maximum absolute atomic E-state index is 11.5. The molecule has 2 aromatic heterocycles. The molecule has 2 heterocycles. The molecule has 1 aromatic carbocycles. The van der Waals surface area contributed by atoms with Crippen LogP contribution in [0.4, 0.5) is 0 Å². The predicted molar refractivity (Wildman–Crippen MR) is 143 cm³/mol. The van der Waals surface area contributed by atoms with Crippen molar-refractivity contribution >= 4 is 5.97 Å². The molecular formula is C31H36N4O4. The van der Waals surface area contributed by atoms with Crippen molar-refractivity contribution in [3.63, 3.8) is 0 Å². The van der Waals surface area contributed by atoms with Gasteiger partial charge in [0.1, 0.15) is 5.82 Å². The lowest BCUT2D eigenvalue weighted by molar-refractivity contribution is -0.169. The number of nitrogens with one attached hydrogen (secondary N) is 1. The van der Waals surface area contributed by atoms with Crippen molar-refractivity contribution in [3.05, 3.63) is 41.3 Å². The van der Waals surface area contributed by atoms with Crippen molar-refractivity contribution in [3.8, 4) is 23.0 Å². The van der Waals surface area contributed by atoms with Crippen molar-refractivity contribution in [2.24, 2.45) is 23.7 Å². The molecule has 2 N–H and O–H groups in total. The first-order chi connectivity index (χ1) is 19.0. The van der Waals surface area contributed by atoms with E-state index in [9.17, 15) is 9.90 Å². The molecule has 0 spiro atoms. The van der Waals surface area contributed by atoms with Gasteiger partial charge in [-0.1, -0.05) is 6.07 Å². The van der Waals surface area contributed by atoms with Gasteiger partial charge < -0.3 is 19.2 Å². The van der Waals surface area contributed by atoms with Crippen molar-refractivity contribution in [2.75, 3.05) is 0 Å². The zero-order valence-corrected chi connectivity index (χ0v) is 22.3. The Labute approximate surface area is 228 Å². The molecule has 204 valence electrons. The number of benzene rings is 1. The van der Waals surface area contributed by atoms with E-state index in [1.54, 1.807) is 24.3 Å². The number of H-pyrrole nitrogens is 1. The summed E-state index contributed by atoms with van der Waals surface area (Å²) in [4.78, 5) is 20.4. The number of carboxylic acids is 1. The van der Waals surface area contributed by atoms with E-state index in [1.807, 2.05) is 0 Å². The molecule has 8 nitrogen and oxygen atoms in total.